The maximum atomic E-state index is 14.2. The summed E-state index contributed by atoms with van der Waals surface area (Å²) in [6.45, 7) is 6.45. The molecule has 0 atom stereocenters. The number of nitrogens with one attached hydrogen (secondary N) is 1. The van der Waals surface area contributed by atoms with E-state index < -0.39 is 11.8 Å². The van der Waals surface area contributed by atoms with Crippen molar-refractivity contribution in [2.45, 2.75) is 39.8 Å². The van der Waals surface area contributed by atoms with Crippen LogP contribution in [-0.4, -0.2) is 63.6 Å². The summed E-state index contributed by atoms with van der Waals surface area (Å²) in [6.07, 6.45) is 3.36. The molecular weight excluding hydrogens is 621 g/mol. The minimum absolute atomic E-state index is 0.0476. The van der Waals surface area contributed by atoms with Crippen molar-refractivity contribution in [2.75, 3.05) is 26.8 Å². The Balaban J connectivity index is 1.12. The minimum atomic E-state index is -0.524. The van der Waals surface area contributed by atoms with Crippen molar-refractivity contribution < 1.29 is 23.5 Å². The van der Waals surface area contributed by atoms with E-state index in [1.807, 2.05) is 55.1 Å². The molecule has 1 fully saturated rings. The average molecular weight is 658 g/mol. The second-order valence-electron chi connectivity index (χ2n) is 12.4. The van der Waals surface area contributed by atoms with Crippen LogP contribution >= 0.6 is 11.6 Å². The molecule has 6 rings (SSSR count). The monoisotopic (exact) mass is 657 g/mol. The highest BCUT2D eigenvalue weighted by Crippen LogP contribution is 2.34. The Bertz CT molecular complexity index is 1910. The van der Waals surface area contributed by atoms with Gasteiger partial charge in [-0.15, -0.1) is 5.10 Å². The lowest BCUT2D eigenvalue weighted by Crippen LogP contribution is -2.39. The Labute approximate surface area is 277 Å². The van der Waals surface area contributed by atoms with Gasteiger partial charge in [0, 0.05) is 59.4 Å². The van der Waals surface area contributed by atoms with E-state index in [0.717, 1.165) is 29.5 Å². The highest BCUT2D eigenvalue weighted by molar-refractivity contribution is 6.33. The Morgan fingerprint density at radius 3 is 2.60 bits per heavy atom. The van der Waals surface area contributed by atoms with Crippen LogP contribution in [0.15, 0.2) is 66.9 Å². The zero-order chi connectivity index (χ0) is 33.1. The molecule has 1 saturated heterocycles. The second-order valence-corrected chi connectivity index (χ2v) is 12.8. The van der Waals surface area contributed by atoms with Crippen molar-refractivity contribution in [3.63, 3.8) is 0 Å². The first-order valence-electron chi connectivity index (χ1n) is 15.8. The van der Waals surface area contributed by atoms with Gasteiger partial charge in [0.2, 0.25) is 0 Å². The Kier molecular flexibility index (Phi) is 9.70. The Morgan fingerprint density at radius 2 is 1.85 bits per heavy atom. The highest BCUT2D eigenvalue weighted by Gasteiger charge is 2.27. The van der Waals surface area contributed by atoms with Crippen LogP contribution in [0.2, 0.25) is 5.02 Å². The molecule has 1 N–H and O–H groups in total. The topological polar surface area (TPSA) is 102 Å². The summed E-state index contributed by atoms with van der Waals surface area (Å²) >= 11 is 6.69. The van der Waals surface area contributed by atoms with Crippen molar-refractivity contribution in [1.82, 2.24) is 24.9 Å². The molecule has 0 saturated carbocycles. The summed E-state index contributed by atoms with van der Waals surface area (Å²) in [5.41, 5.74) is 5.17. The maximum absolute atomic E-state index is 14.2. The molecule has 0 aliphatic carbocycles. The maximum Gasteiger partial charge on any atom is 0.355 e. The van der Waals surface area contributed by atoms with E-state index in [4.69, 9.17) is 21.1 Å². The quantitative estimate of drug-likeness (QED) is 0.157. The van der Waals surface area contributed by atoms with E-state index in [1.54, 1.807) is 30.1 Å². The molecule has 0 radical (unpaired) electrons. The minimum Gasteiger partial charge on any atom is -0.461 e. The molecule has 9 nitrogen and oxygen atoms in total. The first kappa shape index (κ1) is 32.4. The molecule has 3 heterocycles. The van der Waals surface area contributed by atoms with Crippen molar-refractivity contribution >= 4 is 34.4 Å². The average Bonchev–Trinajstić information content (AvgIpc) is 3.68. The predicted octanol–water partition coefficient (Wildman–Crippen LogP) is 7.40. The summed E-state index contributed by atoms with van der Waals surface area (Å²) in [6, 6.07) is 17.7. The fourth-order valence-electron chi connectivity index (χ4n) is 6.10. The van der Waals surface area contributed by atoms with Crippen LogP contribution in [0.1, 0.15) is 53.1 Å². The number of aromatic nitrogens is 4. The summed E-state index contributed by atoms with van der Waals surface area (Å²) in [5.74, 6) is -0.552. The second kappa shape index (κ2) is 14.1. The van der Waals surface area contributed by atoms with Crippen molar-refractivity contribution in [3.05, 3.63) is 94.5 Å². The van der Waals surface area contributed by atoms with Crippen molar-refractivity contribution in [1.29, 1.82) is 0 Å². The molecule has 0 spiro atoms. The lowest BCUT2D eigenvalue weighted by atomic mass is 9.95. The lowest BCUT2D eigenvalue weighted by molar-refractivity contribution is 0.0454. The third kappa shape index (κ3) is 7.08. The molecule has 0 unspecified atom stereocenters. The van der Waals surface area contributed by atoms with Gasteiger partial charge in [-0.3, -0.25) is 9.48 Å². The summed E-state index contributed by atoms with van der Waals surface area (Å²) in [4.78, 5) is 31.4. The van der Waals surface area contributed by atoms with Gasteiger partial charge in [-0.05, 0) is 66.1 Å². The number of ether oxygens (including phenoxy) is 2. The largest absolute Gasteiger partial charge is 0.461 e. The number of amides is 1. The smallest absolute Gasteiger partial charge is 0.355 e. The van der Waals surface area contributed by atoms with Gasteiger partial charge in [-0.1, -0.05) is 61.0 Å². The number of rotatable bonds is 10. The molecule has 1 aliphatic heterocycles. The summed E-state index contributed by atoms with van der Waals surface area (Å²) in [7, 11) is 1.66. The lowest BCUT2D eigenvalue weighted by Gasteiger charge is -2.32. The number of fused-ring (bicyclic) bond motifs is 1. The number of nitrogens with zero attached hydrogens (tertiary/aromatic N) is 4. The normalized spacial score (nSPS) is 13.9. The third-order valence-corrected chi connectivity index (χ3v) is 8.79. The number of hydrogen-bond donors (Lipinski definition) is 1. The van der Waals surface area contributed by atoms with Gasteiger partial charge in [-0.2, -0.15) is 0 Å². The number of methoxy groups -OCH3 is 1. The molecule has 0 bridgehead atoms. The highest BCUT2D eigenvalue weighted by atomic mass is 35.5. The van der Waals surface area contributed by atoms with Gasteiger partial charge >= 0.3 is 5.97 Å². The van der Waals surface area contributed by atoms with Gasteiger partial charge in [0.05, 0.1) is 19.4 Å². The zero-order valence-corrected chi connectivity index (χ0v) is 27.4. The number of esters is 1. The van der Waals surface area contributed by atoms with Crippen LogP contribution in [0, 0.1) is 17.7 Å². The van der Waals surface area contributed by atoms with Gasteiger partial charge < -0.3 is 19.4 Å². The van der Waals surface area contributed by atoms with E-state index in [9.17, 15) is 14.0 Å². The number of piperidine rings is 1. The molecule has 1 aliphatic rings. The number of halogens is 2. The Morgan fingerprint density at radius 1 is 1.06 bits per heavy atom. The molecule has 47 heavy (non-hydrogen) atoms. The van der Waals surface area contributed by atoms with Gasteiger partial charge in [0.15, 0.2) is 0 Å². The SMILES string of the molecule is COCc1ccccc1-c1ccc(C(=O)N2CCC(Cn3cc(-c4c(C(=O)OCC(C)C)[nH]c5ccc(F)cc45)nn3)CC2)cc1Cl. The molecular formula is C36H37ClFN5O4. The first-order chi connectivity index (χ1) is 22.7. The predicted molar refractivity (Wildman–Crippen MR) is 179 cm³/mol. The van der Waals surface area contributed by atoms with E-state index in [1.165, 1.54) is 12.1 Å². The Hall–Kier alpha value is -4.54. The van der Waals surface area contributed by atoms with Crippen LogP contribution < -0.4 is 0 Å². The molecule has 244 valence electrons. The van der Waals surface area contributed by atoms with Gasteiger partial charge in [-0.25, -0.2) is 9.18 Å². The number of benzene rings is 3. The summed E-state index contributed by atoms with van der Waals surface area (Å²) in [5, 5.41) is 9.75. The molecule has 1 amide bonds. The number of likely N-dealkylation sites (tertiary alicyclic amines) is 1. The first-order valence-corrected chi connectivity index (χ1v) is 16.1. The number of carbonyl (C=O) groups is 2. The molecule has 5 aromatic rings. The van der Waals surface area contributed by atoms with Gasteiger partial charge in [0.25, 0.3) is 5.91 Å². The standard InChI is InChI=1S/C36H37ClFN5O4/c1-22(2)20-47-36(45)34-33(29-17-26(38)9-11-31(29)39-34)32-19-43(41-40-32)18-23-12-14-42(15-13-23)35(44)24-8-10-28(30(37)16-24)27-7-5-4-6-25(27)21-46-3/h4-11,16-17,19,22-23,39H,12-15,18,20-21H2,1-3H3. The van der Waals surface area contributed by atoms with E-state index in [2.05, 4.69) is 15.3 Å². The van der Waals surface area contributed by atoms with Crippen LogP contribution in [0.4, 0.5) is 4.39 Å². The fraction of sp³-hybridized carbons (Fsp3) is 0.333. The van der Waals surface area contributed by atoms with Crippen molar-refractivity contribution in [3.8, 4) is 22.4 Å². The number of carbonyl (C=O) groups excluding carboxylic acids is 2. The van der Waals surface area contributed by atoms with E-state index in [-0.39, 0.29) is 30.0 Å². The number of H-pyrrole nitrogens is 1. The molecule has 3 aromatic carbocycles. The summed E-state index contributed by atoms with van der Waals surface area (Å²) < 4.78 is 26.8. The van der Waals surface area contributed by atoms with E-state index in [0.29, 0.717) is 59.0 Å². The van der Waals surface area contributed by atoms with Crippen molar-refractivity contribution in [2.24, 2.45) is 11.8 Å². The van der Waals surface area contributed by atoms with E-state index >= 15 is 0 Å². The zero-order valence-electron chi connectivity index (χ0n) is 26.6. The van der Waals surface area contributed by atoms with Crippen LogP contribution in [0.3, 0.4) is 0 Å². The fourth-order valence-corrected chi connectivity index (χ4v) is 6.38. The third-order valence-electron chi connectivity index (χ3n) is 8.48. The van der Waals surface area contributed by atoms with Crippen LogP contribution in [0.5, 0.6) is 0 Å². The van der Waals surface area contributed by atoms with Crippen LogP contribution in [-0.2, 0) is 22.6 Å². The molecule has 2 aromatic heterocycles. The number of hydrogen-bond acceptors (Lipinski definition) is 6. The number of aromatic amines is 1. The van der Waals surface area contributed by atoms with Gasteiger partial charge in [0.1, 0.15) is 17.2 Å². The molecule has 11 heteroatoms. The van der Waals surface area contributed by atoms with Crippen LogP contribution in [0.25, 0.3) is 33.3 Å².